The Morgan fingerprint density at radius 1 is 1.14 bits per heavy atom. The van der Waals surface area contributed by atoms with Crippen LogP contribution in [0.25, 0.3) is 0 Å². The molecule has 1 aromatic carbocycles. The minimum absolute atomic E-state index is 0.192. The molecule has 152 valence electrons. The second-order valence-corrected chi connectivity index (χ2v) is 6.77. The van der Waals surface area contributed by atoms with Crippen LogP contribution in [0, 0.1) is 13.8 Å². The normalized spacial score (nSPS) is 10.5. The Bertz CT molecular complexity index is 887. The SMILES string of the molecule is COc1cc(NC(=O)CCc2c(C)nn(C)c2C)c(C(=O)N(C)C)cc1OC. The Balaban J connectivity index is 2.25. The molecule has 0 spiro atoms. The van der Waals surface area contributed by atoms with E-state index in [2.05, 4.69) is 10.4 Å². The molecule has 0 aliphatic heterocycles. The molecule has 0 saturated heterocycles. The summed E-state index contributed by atoms with van der Waals surface area (Å²) in [5.41, 5.74) is 3.75. The van der Waals surface area contributed by atoms with Gasteiger partial charge in [0.25, 0.3) is 5.91 Å². The van der Waals surface area contributed by atoms with Gasteiger partial charge in [-0.3, -0.25) is 14.3 Å². The van der Waals surface area contributed by atoms with Crippen molar-refractivity contribution >= 4 is 17.5 Å². The lowest BCUT2D eigenvalue weighted by atomic mass is 10.1. The monoisotopic (exact) mass is 388 g/mol. The number of nitrogens with one attached hydrogen (secondary N) is 1. The number of hydrogen-bond acceptors (Lipinski definition) is 5. The van der Waals surface area contributed by atoms with E-state index in [-0.39, 0.29) is 18.2 Å². The summed E-state index contributed by atoms with van der Waals surface area (Å²) in [6.45, 7) is 3.91. The highest BCUT2D eigenvalue weighted by atomic mass is 16.5. The average molecular weight is 388 g/mol. The van der Waals surface area contributed by atoms with E-state index in [0.29, 0.717) is 29.2 Å². The van der Waals surface area contributed by atoms with Crippen LogP contribution in [0.5, 0.6) is 11.5 Å². The molecule has 2 rings (SSSR count). The van der Waals surface area contributed by atoms with Crippen LogP contribution in [0.4, 0.5) is 5.69 Å². The van der Waals surface area contributed by atoms with Gasteiger partial charge in [0.1, 0.15) is 0 Å². The second-order valence-electron chi connectivity index (χ2n) is 6.77. The van der Waals surface area contributed by atoms with E-state index < -0.39 is 0 Å². The summed E-state index contributed by atoms with van der Waals surface area (Å²) in [6, 6.07) is 3.18. The standard InChI is InChI=1S/C20H28N4O4/c1-12-14(13(2)24(5)22-12)8-9-19(25)21-16-11-18(28-7)17(27-6)10-15(16)20(26)23(3)4/h10-11H,8-9H2,1-7H3,(H,21,25). The molecule has 0 radical (unpaired) electrons. The molecule has 2 aromatic rings. The van der Waals surface area contributed by atoms with Crippen LogP contribution in [0.3, 0.4) is 0 Å². The number of aromatic nitrogens is 2. The van der Waals surface area contributed by atoms with Crippen LogP contribution in [0.1, 0.15) is 33.7 Å². The summed E-state index contributed by atoms with van der Waals surface area (Å²) in [6.07, 6.45) is 0.846. The third kappa shape index (κ3) is 4.44. The fourth-order valence-electron chi connectivity index (χ4n) is 3.03. The molecule has 0 unspecified atom stereocenters. The molecule has 28 heavy (non-hydrogen) atoms. The topological polar surface area (TPSA) is 85.7 Å². The molecule has 0 aliphatic carbocycles. The molecule has 2 amide bonds. The number of hydrogen-bond donors (Lipinski definition) is 1. The third-order valence-corrected chi connectivity index (χ3v) is 4.70. The second kappa shape index (κ2) is 8.77. The zero-order chi connectivity index (χ0) is 21.0. The smallest absolute Gasteiger partial charge is 0.255 e. The lowest BCUT2D eigenvalue weighted by Crippen LogP contribution is -2.24. The Morgan fingerprint density at radius 2 is 1.75 bits per heavy atom. The van der Waals surface area contributed by atoms with Gasteiger partial charge in [-0.2, -0.15) is 5.10 Å². The minimum atomic E-state index is -0.241. The maximum atomic E-state index is 12.6. The lowest BCUT2D eigenvalue weighted by Gasteiger charge is -2.18. The van der Waals surface area contributed by atoms with E-state index in [0.717, 1.165) is 17.0 Å². The molecule has 0 atom stereocenters. The number of anilines is 1. The highest BCUT2D eigenvalue weighted by molar-refractivity contribution is 6.04. The fourth-order valence-corrected chi connectivity index (χ4v) is 3.03. The Labute approximate surface area is 165 Å². The maximum absolute atomic E-state index is 12.6. The number of rotatable bonds is 7. The van der Waals surface area contributed by atoms with Crippen molar-refractivity contribution < 1.29 is 19.1 Å². The van der Waals surface area contributed by atoms with Gasteiger partial charge in [-0.25, -0.2) is 0 Å². The number of aryl methyl sites for hydroxylation is 2. The largest absolute Gasteiger partial charge is 0.493 e. The summed E-state index contributed by atoms with van der Waals surface area (Å²) >= 11 is 0. The number of methoxy groups -OCH3 is 2. The molecule has 0 bridgehead atoms. The van der Waals surface area contributed by atoms with Crippen molar-refractivity contribution in [3.63, 3.8) is 0 Å². The zero-order valence-electron chi connectivity index (χ0n) is 17.5. The highest BCUT2D eigenvalue weighted by Crippen LogP contribution is 2.34. The molecule has 0 fully saturated rings. The van der Waals surface area contributed by atoms with Gasteiger partial charge < -0.3 is 19.7 Å². The molecular weight excluding hydrogens is 360 g/mol. The van der Waals surface area contributed by atoms with E-state index in [4.69, 9.17) is 9.47 Å². The van der Waals surface area contributed by atoms with Crippen LogP contribution in [-0.4, -0.2) is 54.8 Å². The van der Waals surface area contributed by atoms with Gasteiger partial charge in [-0.15, -0.1) is 0 Å². The maximum Gasteiger partial charge on any atom is 0.255 e. The molecule has 8 heteroatoms. The first-order valence-electron chi connectivity index (χ1n) is 8.96. The molecular formula is C20H28N4O4. The van der Waals surface area contributed by atoms with Gasteiger partial charge in [0.05, 0.1) is 31.2 Å². The lowest BCUT2D eigenvalue weighted by molar-refractivity contribution is -0.116. The van der Waals surface area contributed by atoms with E-state index in [1.165, 1.54) is 19.1 Å². The van der Waals surface area contributed by atoms with Crippen molar-refractivity contribution in [3.8, 4) is 11.5 Å². The van der Waals surface area contributed by atoms with Gasteiger partial charge in [0.15, 0.2) is 11.5 Å². The quantitative estimate of drug-likeness (QED) is 0.787. The summed E-state index contributed by atoms with van der Waals surface area (Å²) in [5, 5.41) is 7.21. The highest BCUT2D eigenvalue weighted by Gasteiger charge is 2.20. The molecule has 1 N–H and O–H groups in total. The Hall–Kier alpha value is -3.03. The Kier molecular flexibility index (Phi) is 6.66. The molecule has 1 heterocycles. The van der Waals surface area contributed by atoms with Gasteiger partial charge in [-0.05, 0) is 31.9 Å². The van der Waals surface area contributed by atoms with Gasteiger partial charge in [0, 0.05) is 39.3 Å². The summed E-state index contributed by atoms with van der Waals surface area (Å²) in [7, 11) is 8.19. The molecule has 8 nitrogen and oxygen atoms in total. The summed E-state index contributed by atoms with van der Waals surface area (Å²) < 4.78 is 12.4. The predicted octanol–water partition coefficient (Wildman–Crippen LogP) is 2.33. The van der Waals surface area contributed by atoms with Gasteiger partial charge >= 0.3 is 0 Å². The van der Waals surface area contributed by atoms with Crippen molar-refractivity contribution in [2.24, 2.45) is 7.05 Å². The summed E-state index contributed by atoms with van der Waals surface area (Å²) in [4.78, 5) is 26.6. The first-order valence-corrected chi connectivity index (χ1v) is 8.96. The first-order chi connectivity index (χ1) is 13.2. The fraction of sp³-hybridized carbons (Fsp3) is 0.450. The van der Waals surface area contributed by atoms with Crippen molar-refractivity contribution in [1.29, 1.82) is 0 Å². The number of carbonyl (C=O) groups excluding carboxylic acids is 2. The van der Waals surface area contributed by atoms with E-state index in [9.17, 15) is 9.59 Å². The van der Waals surface area contributed by atoms with E-state index in [1.807, 2.05) is 25.6 Å². The predicted molar refractivity (Wildman–Crippen MR) is 107 cm³/mol. The van der Waals surface area contributed by atoms with Crippen molar-refractivity contribution in [1.82, 2.24) is 14.7 Å². The van der Waals surface area contributed by atoms with Gasteiger partial charge in [0.2, 0.25) is 5.91 Å². The number of carbonyl (C=O) groups is 2. The van der Waals surface area contributed by atoms with Crippen LogP contribution >= 0.6 is 0 Å². The third-order valence-electron chi connectivity index (χ3n) is 4.70. The van der Waals surface area contributed by atoms with Crippen LogP contribution in [0.2, 0.25) is 0 Å². The van der Waals surface area contributed by atoms with Crippen LogP contribution < -0.4 is 14.8 Å². The minimum Gasteiger partial charge on any atom is -0.493 e. The average Bonchev–Trinajstić information content (AvgIpc) is 2.90. The number of amides is 2. The summed E-state index contributed by atoms with van der Waals surface area (Å²) in [5.74, 6) is 0.428. The number of ether oxygens (including phenoxy) is 2. The van der Waals surface area contributed by atoms with Gasteiger partial charge in [-0.1, -0.05) is 0 Å². The van der Waals surface area contributed by atoms with Crippen molar-refractivity contribution in [2.75, 3.05) is 33.6 Å². The van der Waals surface area contributed by atoms with E-state index >= 15 is 0 Å². The van der Waals surface area contributed by atoms with Crippen LogP contribution in [0.15, 0.2) is 12.1 Å². The van der Waals surface area contributed by atoms with Crippen molar-refractivity contribution in [3.05, 3.63) is 34.6 Å². The van der Waals surface area contributed by atoms with Crippen LogP contribution in [-0.2, 0) is 18.3 Å². The van der Waals surface area contributed by atoms with Crippen molar-refractivity contribution in [2.45, 2.75) is 26.7 Å². The molecule has 0 saturated carbocycles. The number of benzene rings is 1. The Morgan fingerprint density at radius 3 is 2.25 bits per heavy atom. The first kappa shape index (κ1) is 21.3. The van der Waals surface area contributed by atoms with E-state index in [1.54, 1.807) is 26.2 Å². The zero-order valence-corrected chi connectivity index (χ0v) is 17.5. The molecule has 1 aromatic heterocycles. The molecule has 0 aliphatic rings. The number of nitrogens with zero attached hydrogens (tertiary/aromatic N) is 3.